The molecule has 0 aliphatic rings. The van der Waals surface area contributed by atoms with Gasteiger partial charge in [0.05, 0.1) is 16.9 Å². The van der Waals surface area contributed by atoms with E-state index < -0.39 is 0 Å². The Hall–Kier alpha value is -1.03. The maximum Gasteiger partial charge on any atom is 0.107 e. The maximum absolute atomic E-state index is 6.17. The number of hydrogen-bond donors (Lipinski definition) is 2. The van der Waals surface area contributed by atoms with Crippen LogP contribution in [-0.2, 0) is 6.42 Å². The molecule has 0 aliphatic carbocycles. The van der Waals surface area contributed by atoms with E-state index in [1.807, 2.05) is 6.07 Å². The molecule has 0 bridgehead atoms. The van der Waals surface area contributed by atoms with Crippen LogP contribution < -0.4 is 5.32 Å². The normalized spacial score (nSPS) is 11.2. The van der Waals surface area contributed by atoms with Gasteiger partial charge in [0, 0.05) is 29.6 Å². The Kier molecular flexibility index (Phi) is 4.86. The second-order valence-electron chi connectivity index (χ2n) is 4.73. The second kappa shape index (κ2) is 6.42. The number of benzene rings is 1. The lowest BCUT2D eigenvalue weighted by Crippen LogP contribution is -2.25. The number of imidazole rings is 1. The number of H-pyrrole nitrogens is 1. The summed E-state index contributed by atoms with van der Waals surface area (Å²) in [6.45, 7) is 5.15. The van der Waals surface area contributed by atoms with E-state index in [-0.39, 0.29) is 0 Å². The number of rotatable bonds is 5. The molecule has 2 rings (SSSR count). The van der Waals surface area contributed by atoms with E-state index in [0.717, 1.165) is 30.0 Å². The van der Waals surface area contributed by atoms with Gasteiger partial charge in [0.15, 0.2) is 0 Å². The molecule has 0 atom stereocenters. The highest BCUT2D eigenvalue weighted by atomic mass is 35.5. The molecular weight excluding hydrogens is 281 g/mol. The molecule has 0 fully saturated rings. The molecule has 1 heterocycles. The Morgan fingerprint density at radius 1 is 1.32 bits per heavy atom. The fraction of sp³-hybridized carbons (Fsp3) is 0.357. The lowest BCUT2D eigenvalue weighted by molar-refractivity contribution is 0.584. The average molecular weight is 298 g/mol. The van der Waals surface area contributed by atoms with E-state index in [4.69, 9.17) is 23.2 Å². The van der Waals surface area contributed by atoms with Gasteiger partial charge in [-0.3, -0.25) is 0 Å². The van der Waals surface area contributed by atoms with Gasteiger partial charge in [0.1, 0.15) is 5.82 Å². The third-order valence-corrected chi connectivity index (χ3v) is 3.33. The average Bonchev–Trinajstić information content (AvgIpc) is 2.80. The first kappa shape index (κ1) is 14.4. The summed E-state index contributed by atoms with van der Waals surface area (Å²) in [5.74, 6) is 0.944. The van der Waals surface area contributed by atoms with Crippen molar-refractivity contribution in [2.45, 2.75) is 26.3 Å². The van der Waals surface area contributed by atoms with E-state index in [0.29, 0.717) is 16.1 Å². The van der Waals surface area contributed by atoms with Gasteiger partial charge >= 0.3 is 0 Å². The number of aromatic nitrogens is 2. The molecule has 1 aromatic carbocycles. The second-order valence-corrected chi connectivity index (χ2v) is 5.57. The largest absolute Gasteiger partial charge is 0.342 e. The fourth-order valence-electron chi connectivity index (χ4n) is 1.81. The summed E-state index contributed by atoms with van der Waals surface area (Å²) in [5.41, 5.74) is 1.77. The summed E-state index contributed by atoms with van der Waals surface area (Å²) < 4.78 is 0. The molecule has 2 aromatic rings. The summed E-state index contributed by atoms with van der Waals surface area (Å²) in [4.78, 5) is 7.64. The molecule has 102 valence electrons. The Labute approximate surface area is 123 Å². The van der Waals surface area contributed by atoms with Crippen LogP contribution in [-0.4, -0.2) is 22.6 Å². The van der Waals surface area contributed by atoms with Crippen LogP contribution in [0.15, 0.2) is 24.4 Å². The van der Waals surface area contributed by atoms with Crippen LogP contribution in [0.3, 0.4) is 0 Å². The van der Waals surface area contributed by atoms with Crippen LogP contribution in [0.4, 0.5) is 0 Å². The molecule has 3 nitrogen and oxygen atoms in total. The van der Waals surface area contributed by atoms with E-state index in [1.165, 1.54) is 0 Å². The number of nitrogens with zero attached hydrogens (tertiary/aromatic N) is 1. The molecule has 0 saturated carbocycles. The predicted octanol–water partition coefficient (Wildman–Crippen LogP) is 3.92. The van der Waals surface area contributed by atoms with Crippen LogP contribution in [0.25, 0.3) is 11.3 Å². The predicted molar refractivity (Wildman–Crippen MR) is 80.9 cm³/mol. The summed E-state index contributed by atoms with van der Waals surface area (Å²) >= 11 is 12.2. The van der Waals surface area contributed by atoms with Gasteiger partial charge in [-0.15, -0.1) is 0 Å². The third kappa shape index (κ3) is 3.96. The smallest absolute Gasteiger partial charge is 0.107 e. The first-order chi connectivity index (χ1) is 9.06. The molecule has 0 amide bonds. The minimum absolute atomic E-state index is 0.483. The zero-order chi connectivity index (χ0) is 13.8. The van der Waals surface area contributed by atoms with Gasteiger partial charge in [-0.1, -0.05) is 37.0 Å². The molecule has 1 aromatic heterocycles. The van der Waals surface area contributed by atoms with Crippen molar-refractivity contribution in [3.8, 4) is 11.3 Å². The molecule has 0 radical (unpaired) electrons. The van der Waals surface area contributed by atoms with Crippen molar-refractivity contribution in [3.63, 3.8) is 0 Å². The molecule has 2 N–H and O–H groups in total. The zero-order valence-corrected chi connectivity index (χ0v) is 12.5. The summed E-state index contributed by atoms with van der Waals surface area (Å²) in [5, 5.41) is 4.69. The summed E-state index contributed by atoms with van der Waals surface area (Å²) in [7, 11) is 0. The van der Waals surface area contributed by atoms with Gasteiger partial charge in [-0.25, -0.2) is 4.98 Å². The quantitative estimate of drug-likeness (QED) is 0.878. The molecular formula is C14H17Cl2N3. The van der Waals surface area contributed by atoms with Gasteiger partial charge in [-0.05, 0) is 18.2 Å². The van der Waals surface area contributed by atoms with Crippen molar-refractivity contribution >= 4 is 23.2 Å². The highest BCUT2D eigenvalue weighted by Crippen LogP contribution is 2.29. The highest BCUT2D eigenvalue weighted by Gasteiger charge is 2.08. The van der Waals surface area contributed by atoms with Crippen molar-refractivity contribution in [3.05, 3.63) is 40.3 Å². The van der Waals surface area contributed by atoms with Gasteiger partial charge < -0.3 is 10.3 Å². The third-order valence-electron chi connectivity index (χ3n) is 2.76. The van der Waals surface area contributed by atoms with Crippen LogP contribution in [0.5, 0.6) is 0 Å². The van der Waals surface area contributed by atoms with E-state index in [2.05, 4.69) is 29.1 Å². The van der Waals surface area contributed by atoms with E-state index >= 15 is 0 Å². The van der Waals surface area contributed by atoms with E-state index in [1.54, 1.807) is 18.3 Å². The van der Waals surface area contributed by atoms with Crippen LogP contribution in [0, 0.1) is 0 Å². The Morgan fingerprint density at radius 3 is 2.84 bits per heavy atom. The van der Waals surface area contributed by atoms with Crippen molar-refractivity contribution in [2.24, 2.45) is 0 Å². The molecule has 0 saturated heterocycles. The zero-order valence-electron chi connectivity index (χ0n) is 11.0. The number of hydrogen-bond acceptors (Lipinski definition) is 2. The lowest BCUT2D eigenvalue weighted by Gasteiger charge is -2.06. The highest BCUT2D eigenvalue weighted by molar-refractivity contribution is 6.35. The molecule has 0 aliphatic heterocycles. The molecule has 5 heteroatoms. The minimum Gasteiger partial charge on any atom is -0.342 e. The Bertz CT molecular complexity index is 549. The first-order valence-corrected chi connectivity index (χ1v) is 7.04. The lowest BCUT2D eigenvalue weighted by atomic mass is 10.2. The van der Waals surface area contributed by atoms with Gasteiger partial charge in [0.2, 0.25) is 0 Å². The van der Waals surface area contributed by atoms with Crippen LogP contribution >= 0.6 is 23.2 Å². The maximum atomic E-state index is 6.17. The van der Waals surface area contributed by atoms with Crippen molar-refractivity contribution < 1.29 is 0 Å². The monoisotopic (exact) mass is 297 g/mol. The van der Waals surface area contributed by atoms with Crippen molar-refractivity contribution in [1.82, 2.24) is 15.3 Å². The standard InChI is InChI=1S/C14H17Cl2N3/c1-9(2)17-6-5-14-18-8-13(19-14)11-7-10(15)3-4-12(11)16/h3-4,7-9,17H,5-6H2,1-2H3,(H,18,19). The topological polar surface area (TPSA) is 40.7 Å². The Morgan fingerprint density at radius 2 is 2.11 bits per heavy atom. The number of nitrogens with one attached hydrogen (secondary N) is 2. The van der Waals surface area contributed by atoms with Gasteiger partial charge in [0.25, 0.3) is 0 Å². The number of aromatic amines is 1. The minimum atomic E-state index is 0.483. The van der Waals surface area contributed by atoms with Crippen LogP contribution in [0.1, 0.15) is 19.7 Å². The Balaban J connectivity index is 2.10. The molecule has 0 unspecified atom stereocenters. The van der Waals surface area contributed by atoms with E-state index in [9.17, 15) is 0 Å². The van der Waals surface area contributed by atoms with Gasteiger partial charge in [-0.2, -0.15) is 0 Å². The summed E-state index contributed by atoms with van der Waals surface area (Å²) in [6, 6.07) is 5.89. The van der Waals surface area contributed by atoms with Crippen molar-refractivity contribution in [1.29, 1.82) is 0 Å². The first-order valence-electron chi connectivity index (χ1n) is 6.29. The summed E-state index contributed by atoms with van der Waals surface area (Å²) in [6.07, 6.45) is 2.65. The SMILES string of the molecule is CC(C)NCCc1ncc(-c2cc(Cl)ccc2Cl)[nH]1. The van der Waals surface area contributed by atoms with Crippen molar-refractivity contribution in [2.75, 3.05) is 6.54 Å². The number of halogens is 2. The molecule has 0 spiro atoms. The molecule has 19 heavy (non-hydrogen) atoms. The fourth-order valence-corrected chi connectivity index (χ4v) is 2.20. The van der Waals surface area contributed by atoms with Crippen LogP contribution in [0.2, 0.25) is 10.0 Å².